The minimum atomic E-state index is 0.165. The molecule has 11 heavy (non-hydrogen) atoms. The molecular formula is C7H13NO2S. The highest BCUT2D eigenvalue weighted by Gasteiger charge is 2.19. The van der Waals surface area contributed by atoms with E-state index in [1.165, 1.54) is 11.8 Å². The number of thioether (sulfide) groups is 1. The fraction of sp³-hybridized carbons (Fsp3) is 0.857. The standard InChI is InChI=1S/C7H13NO2S/c9-4-5-11-6-7(10)8-2-1-3-8/h9H,1-6H2. The van der Waals surface area contributed by atoms with Crippen molar-refractivity contribution in [1.82, 2.24) is 4.90 Å². The lowest BCUT2D eigenvalue weighted by Gasteiger charge is -2.30. The van der Waals surface area contributed by atoms with Gasteiger partial charge < -0.3 is 10.0 Å². The van der Waals surface area contributed by atoms with E-state index in [-0.39, 0.29) is 12.5 Å². The lowest BCUT2D eigenvalue weighted by Crippen LogP contribution is -2.43. The Morgan fingerprint density at radius 3 is 2.73 bits per heavy atom. The summed E-state index contributed by atoms with van der Waals surface area (Å²) in [5.41, 5.74) is 0. The molecule has 3 nitrogen and oxygen atoms in total. The molecule has 1 fully saturated rings. The van der Waals surface area contributed by atoms with Crippen molar-refractivity contribution in [3.63, 3.8) is 0 Å². The molecular weight excluding hydrogens is 162 g/mol. The maximum absolute atomic E-state index is 11.1. The number of aliphatic hydroxyl groups excluding tert-OH is 1. The molecule has 0 atom stereocenters. The number of carbonyl (C=O) groups is 1. The maximum atomic E-state index is 11.1. The summed E-state index contributed by atoms with van der Waals surface area (Å²) in [5, 5.41) is 8.44. The molecule has 0 aromatic carbocycles. The fourth-order valence-corrected chi connectivity index (χ4v) is 1.51. The van der Waals surface area contributed by atoms with Crippen molar-refractivity contribution in [2.75, 3.05) is 31.2 Å². The molecule has 1 heterocycles. The van der Waals surface area contributed by atoms with Gasteiger partial charge in [-0.05, 0) is 6.42 Å². The van der Waals surface area contributed by atoms with Gasteiger partial charge in [0, 0.05) is 18.8 Å². The lowest BCUT2D eigenvalue weighted by molar-refractivity contribution is -0.131. The van der Waals surface area contributed by atoms with Crippen LogP contribution in [0.5, 0.6) is 0 Å². The molecule has 1 N–H and O–H groups in total. The highest BCUT2D eigenvalue weighted by Crippen LogP contribution is 2.09. The number of carbonyl (C=O) groups excluding carboxylic acids is 1. The van der Waals surface area contributed by atoms with Crippen LogP contribution in [0.25, 0.3) is 0 Å². The van der Waals surface area contributed by atoms with Gasteiger partial charge >= 0.3 is 0 Å². The number of rotatable bonds is 4. The van der Waals surface area contributed by atoms with E-state index in [9.17, 15) is 4.79 Å². The molecule has 0 aromatic rings. The van der Waals surface area contributed by atoms with Crippen LogP contribution in [0.4, 0.5) is 0 Å². The van der Waals surface area contributed by atoms with Crippen LogP contribution in [0.15, 0.2) is 0 Å². The van der Waals surface area contributed by atoms with E-state index in [2.05, 4.69) is 0 Å². The van der Waals surface area contributed by atoms with Gasteiger partial charge in [0.25, 0.3) is 0 Å². The van der Waals surface area contributed by atoms with Gasteiger partial charge in [0.15, 0.2) is 0 Å². The third-order valence-corrected chi connectivity index (χ3v) is 2.59. The van der Waals surface area contributed by atoms with E-state index in [0.717, 1.165) is 19.5 Å². The van der Waals surface area contributed by atoms with Crippen LogP contribution >= 0.6 is 11.8 Å². The van der Waals surface area contributed by atoms with Crippen LogP contribution in [-0.4, -0.2) is 47.1 Å². The van der Waals surface area contributed by atoms with E-state index in [4.69, 9.17) is 5.11 Å². The third kappa shape index (κ3) is 2.71. The fourth-order valence-electron chi connectivity index (χ4n) is 0.881. The molecule has 0 aliphatic carbocycles. The summed E-state index contributed by atoms with van der Waals surface area (Å²) in [4.78, 5) is 13.0. The molecule has 0 bridgehead atoms. The van der Waals surface area contributed by atoms with Crippen molar-refractivity contribution in [3.8, 4) is 0 Å². The number of hydrogen-bond acceptors (Lipinski definition) is 3. The number of amides is 1. The second kappa shape index (κ2) is 4.62. The molecule has 0 unspecified atom stereocenters. The molecule has 0 saturated carbocycles. The summed E-state index contributed by atoms with van der Waals surface area (Å²) in [6.07, 6.45) is 1.15. The Balaban J connectivity index is 2.01. The zero-order valence-electron chi connectivity index (χ0n) is 6.45. The Bertz CT molecular complexity index is 136. The molecule has 1 saturated heterocycles. The second-order valence-corrected chi connectivity index (χ2v) is 3.62. The molecule has 1 aliphatic heterocycles. The van der Waals surface area contributed by atoms with Crippen molar-refractivity contribution in [1.29, 1.82) is 0 Å². The Kier molecular flexibility index (Phi) is 3.72. The topological polar surface area (TPSA) is 40.5 Å². The second-order valence-electron chi connectivity index (χ2n) is 2.51. The number of nitrogens with zero attached hydrogens (tertiary/aromatic N) is 1. The monoisotopic (exact) mass is 175 g/mol. The first-order valence-electron chi connectivity index (χ1n) is 3.81. The summed E-state index contributed by atoms with van der Waals surface area (Å²) < 4.78 is 0. The molecule has 4 heteroatoms. The normalized spacial score (nSPS) is 16.3. The Hall–Kier alpha value is -0.220. The maximum Gasteiger partial charge on any atom is 0.232 e. The summed E-state index contributed by atoms with van der Waals surface area (Å²) >= 11 is 1.50. The number of hydrogen-bond donors (Lipinski definition) is 1. The Morgan fingerprint density at radius 1 is 1.55 bits per heavy atom. The predicted octanol–water partition coefficient (Wildman–Crippen LogP) is -0.0558. The van der Waals surface area contributed by atoms with Crippen molar-refractivity contribution in [3.05, 3.63) is 0 Å². The summed E-state index contributed by atoms with van der Waals surface area (Å²) in [6.45, 7) is 2.02. The first-order valence-corrected chi connectivity index (χ1v) is 4.96. The molecule has 0 spiro atoms. The van der Waals surface area contributed by atoms with Crippen LogP contribution in [0.3, 0.4) is 0 Å². The summed E-state index contributed by atoms with van der Waals surface area (Å²) in [7, 11) is 0. The zero-order chi connectivity index (χ0) is 8.10. The number of aliphatic hydroxyl groups is 1. The highest BCUT2D eigenvalue weighted by molar-refractivity contribution is 7.99. The SMILES string of the molecule is O=C(CSCCO)N1CCC1. The summed E-state index contributed by atoms with van der Waals surface area (Å²) in [5.74, 6) is 1.41. The van der Waals surface area contributed by atoms with Crippen LogP contribution in [0.2, 0.25) is 0 Å². The predicted molar refractivity (Wildman–Crippen MR) is 45.6 cm³/mol. The van der Waals surface area contributed by atoms with Gasteiger partial charge in [-0.1, -0.05) is 0 Å². The molecule has 1 rings (SSSR count). The first kappa shape index (κ1) is 8.87. The van der Waals surface area contributed by atoms with Crippen molar-refractivity contribution < 1.29 is 9.90 Å². The van der Waals surface area contributed by atoms with Crippen LogP contribution in [-0.2, 0) is 4.79 Å². The molecule has 1 aliphatic rings. The first-order chi connectivity index (χ1) is 5.34. The molecule has 1 amide bonds. The van der Waals surface area contributed by atoms with E-state index in [0.29, 0.717) is 11.5 Å². The van der Waals surface area contributed by atoms with E-state index >= 15 is 0 Å². The Morgan fingerprint density at radius 2 is 2.27 bits per heavy atom. The van der Waals surface area contributed by atoms with E-state index in [1.807, 2.05) is 4.90 Å². The van der Waals surface area contributed by atoms with Crippen LogP contribution < -0.4 is 0 Å². The van der Waals surface area contributed by atoms with Gasteiger partial charge in [-0.25, -0.2) is 0 Å². The minimum absolute atomic E-state index is 0.165. The van der Waals surface area contributed by atoms with Gasteiger partial charge in [0.05, 0.1) is 12.4 Å². The summed E-state index contributed by atoms with van der Waals surface area (Å²) in [6, 6.07) is 0. The van der Waals surface area contributed by atoms with Crippen molar-refractivity contribution in [2.45, 2.75) is 6.42 Å². The molecule has 0 radical (unpaired) electrons. The van der Waals surface area contributed by atoms with E-state index < -0.39 is 0 Å². The largest absolute Gasteiger partial charge is 0.396 e. The zero-order valence-corrected chi connectivity index (χ0v) is 7.27. The van der Waals surface area contributed by atoms with Crippen LogP contribution in [0.1, 0.15) is 6.42 Å². The third-order valence-electron chi connectivity index (χ3n) is 1.67. The van der Waals surface area contributed by atoms with E-state index in [1.54, 1.807) is 0 Å². The minimum Gasteiger partial charge on any atom is -0.396 e. The average molecular weight is 175 g/mol. The molecule has 0 aromatic heterocycles. The van der Waals surface area contributed by atoms with Crippen molar-refractivity contribution in [2.24, 2.45) is 0 Å². The van der Waals surface area contributed by atoms with Gasteiger partial charge in [0.1, 0.15) is 0 Å². The van der Waals surface area contributed by atoms with Gasteiger partial charge in [0.2, 0.25) is 5.91 Å². The number of likely N-dealkylation sites (tertiary alicyclic amines) is 1. The Labute approximate surface area is 70.8 Å². The van der Waals surface area contributed by atoms with Crippen LogP contribution in [0, 0.1) is 0 Å². The quantitative estimate of drug-likeness (QED) is 0.609. The van der Waals surface area contributed by atoms with Gasteiger partial charge in [-0.15, -0.1) is 11.8 Å². The molecule has 64 valence electrons. The van der Waals surface area contributed by atoms with Crippen molar-refractivity contribution >= 4 is 17.7 Å². The van der Waals surface area contributed by atoms with Gasteiger partial charge in [-0.3, -0.25) is 4.79 Å². The smallest absolute Gasteiger partial charge is 0.232 e. The average Bonchev–Trinajstić information content (AvgIpc) is 1.84. The van der Waals surface area contributed by atoms with Gasteiger partial charge in [-0.2, -0.15) is 0 Å². The lowest BCUT2D eigenvalue weighted by atomic mass is 10.2. The highest BCUT2D eigenvalue weighted by atomic mass is 32.2.